The first-order chi connectivity index (χ1) is 20.9. The smallest absolute Gasteiger partial charge is 0.134 e. The number of hydrazine groups is 2. The Labute approximate surface area is 260 Å². The van der Waals surface area contributed by atoms with Crippen molar-refractivity contribution in [2.45, 2.75) is 43.2 Å². The number of fused-ring (bicyclic) bond motifs is 1. The first-order valence-corrected chi connectivity index (χ1v) is 14.6. The van der Waals surface area contributed by atoms with Gasteiger partial charge in [-0.2, -0.15) is 10.5 Å². The highest BCUT2D eigenvalue weighted by atomic mass is 35.5. The number of nitriles is 2. The fourth-order valence-electron chi connectivity index (χ4n) is 5.23. The van der Waals surface area contributed by atoms with Crippen molar-refractivity contribution in [2.24, 2.45) is 0 Å². The maximum Gasteiger partial charge on any atom is 0.134 e. The Morgan fingerprint density at radius 1 is 1.12 bits per heavy atom. The second kappa shape index (κ2) is 12.0. The van der Waals surface area contributed by atoms with Crippen LogP contribution in [-0.4, -0.2) is 28.9 Å². The number of rotatable bonds is 10. The van der Waals surface area contributed by atoms with Gasteiger partial charge < -0.3 is 16.1 Å². The number of aromatic nitrogens is 2. The first kappa shape index (κ1) is 28.6. The molecule has 9 nitrogen and oxygen atoms in total. The van der Waals surface area contributed by atoms with Gasteiger partial charge in [0, 0.05) is 47.7 Å². The maximum atomic E-state index is 10.1. The van der Waals surface area contributed by atoms with Crippen molar-refractivity contribution >= 4 is 53.3 Å². The van der Waals surface area contributed by atoms with Crippen molar-refractivity contribution in [2.75, 3.05) is 10.6 Å². The van der Waals surface area contributed by atoms with Crippen LogP contribution in [0.5, 0.6) is 0 Å². The number of hydrogen-bond acceptors (Lipinski definition) is 9. The Bertz CT molecular complexity index is 1780. The molecule has 0 bridgehead atoms. The molecule has 0 unspecified atom stereocenters. The molecular formula is C31H26BCl2N9. The van der Waals surface area contributed by atoms with Crippen LogP contribution in [0.25, 0.3) is 10.9 Å². The summed E-state index contributed by atoms with van der Waals surface area (Å²) in [5.74, 6) is 0. The molecule has 1 aliphatic heterocycles. The molecule has 2 atom stereocenters. The molecule has 3 heterocycles. The van der Waals surface area contributed by atoms with Gasteiger partial charge in [0.15, 0.2) is 0 Å². The normalized spacial score (nSPS) is 16.4. The average Bonchev–Trinajstić information content (AvgIpc) is 3.75. The van der Waals surface area contributed by atoms with Crippen molar-refractivity contribution < 1.29 is 0 Å². The molecule has 2 radical (unpaired) electrons. The van der Waals surface area contributed by atoms with Crippen molar-refractivity contribution in [3.63, 3.8) is 0 Å². The van der Waals surface area contributed by atoms with E-state index in [9.17, 15) is 10.5 Å². The van der Waals surface area contributed by atoms with Crippen molar-refractivity contribution in [1.29, 1.82) is 10.5 Å². The largest absolute Gasteiger partial charge is 0.378 e. The third kappa shape index (κ3) is 5.78. The first-order valence-electron chi connectivity index (χ1n) is 13.8. The van der Waals surface area contributed by atoms with Gasteiger partial charge in [0.05, 0.1) is 45.0 Å². The minimum Gasteiger partial charge on any atom is -0.378 e. The number of halogens is 2. The number of nitrogens with zero attached hydrogens (tertiary/aromatic N) is 5. The van der Waals surface area contributed by atoms with Crippen LogP contribution in [0.1, 0.15) is 48.4 Å². The van der Waals surface area contributed by atoms with Crippen LogP contribution < -0.4 is 21.6 Å². The quantitative estimate of drug-likeness (QED) is 0.127. The lowest BCUT2D eigenvalue weighted by Gasteiger charge is -2.34. The summed E-state index contributed by atoms with van der Waals surface area (Å²) in [5.41, 5.74) is 9.19. The zero-order valence-electron chi connectivity index (χ0n) is 23.0. The van der Waals surface area contributed by atoms with E-state index < -0.39 is 5.44 Å². The summed E-state index contributed by atoms with van der Waals surface area (Å²) >= 11 is 13.4. The second-order valence-corrected chi connectivity index (χ2v) is 11.3. The van der Waals surface area contributed by atoms with Gasteiger partial charge in [-0.3, -0.25) is 9.99 Å². The minimum atomic E-state index is -1.34. The summed E-state index contributed by atoms with van der Waals surface area (Å²) in [4.78, 5) is 8.77. The Balaban J connectivity index is 1.45. The molecular weight excluding hydrogens is 580 g/mol. The highest BCUT2D eigenvalue weighted by Gasteiger charge is 2.39. The lowest BCUT2D eigenvalue weighted by molar-refractivity contribution is 0.260. The molecule has 2 aliphatic rings. The van der Waals surface area contributed by atoms with Gasteiger partial charge in [-0.05, 0) is 43.0 Å². The molecule has 0 saturated heterocycles. The molecule has 4 aromatic rings. The number of benzene rings is 2. The Morgan fingerprint density at radius 2 is 1.93 bits per heavy atom. The van der Waals surface area contributed by atoms with Crippen LogP contribution in [0.4, 0.5) is 11.4 Å². The van der Waals surface area contributed by atoms with Gasteiger partial charge in [-0.25, -0.2) is 4.98 Å². The highest BCUT2D eigenvalue weighted by Crippen LogP contribution is 2.40. The monoisotopic (exact) mass is 605 g/mol. The third-order valence-electron chi connectivity index (χ3n) is 7.59. The van der Waals surface area contributed by atoms with E-state index >= 15 is 0 Å². The summed E-state index contributed by atoms with van der Waals surface area (Å²) in [6, 6.07) is 21.6. The zero-order valence-corrected chi connectivity index (χ0v) is 24.5. The SMILES string of the molecule is [B][C@@](Nc1cc(Cl)c2ncc(C#N)c(N[C@H](CCC#N)c3ccccc3)c2c1)(C1=CN(C2CC2)NN1)c1cccnc1Cl. The lowest BCUT2D eigenvalue weighted by Crippen LogP contribution is -2.45. The van der Waals surface area contributed by atoms with Crippen molar-refractivity contribution in [3.8, 4) is 12.1 Å². The van der Waals surface area contributed by atoms with Gasteiger partial charge in [0.1, 0.15) is 19.1 Å². The van der Waals surface area contributed by atoms with Crippen LogP contribution >= 0.6 is 23.2 Å². The van der Waals surface area contributed by atoms with E-state index in [0.29, 0.717) is 63.0 Å². The van der Waals surface area contributed by atoms with E-state index in [-0.39, 0.29) is 11.2 Å². The standard InChI is InChI=1S/C31H26BCl2N9/c32-31(24-8-5-13-37-30(24)34,27-18-43(42-41-27)22-10-11-22)40-21-14-23-28(20(16-36)17-38-29(23)25(33)15-21)39-26(9-4-12-35)19-6-2-1-3-7-19/h1-3,5-8,13-15,17-18,22,26,40-42H,4,9-11H2,(H,38,39)/t26-,31+/m1/s1. The molecule has 0 amide bonds. The zero-order chi connectivity index (χ0) is 30.0. The molecule has 2 aromatic carbocycles. The molecule has 4 N–H and O–H groups in total. The lowest BCUT2D eigenvalue weighted by atomic mass is 9.70. The summed E-state index contributed by atoms with van der Waals surface area (Å²) in [5, 5.41) is 29.6. The summed E-state index contributed by atoms with van der Waals surface area (Å²) < 4.78 is 0. The van der Waals surface area contributed by atoms with Gasteiger partial charge in [0.25, 0.3) is 0 Å². The van der Waals surface area contributed by atoms with Crippen LogP contribution in [0.2, 0.25) is 10.2 Å². The minimum absolute atomic E-state index is 0.232. The van der Waals surface area contributed by atoms with Crippen molar-refractivity contribution in [1.82, 2.24) is 25.9 Å². The fourth-order valence-corrected chi connectivity index (χ4v) is 5.77. The number of hydrogen-bond donors (Lipinski definition) is 4. The van der Waals surface area contributed by atoms with Gasteiger partial charge in [-0.15, -0.1) is 5.53 Å². The Hall–Kier alpha value is -4.48. The van der Waals surface area contributed by atoms with E-state index in [1.165, 1.54) is 6.20 Å². The molecule has 1 aliphatic carbocycles. The number of nitrogens with one attached hydrogen (secondary N) is 4. The summed E-state index contributed by atoms with van der Waals surface area (Å²) in [6.07, 6.45) is 8.08. The van der Waals surface area contributed by atoms with E-state index in [1.54, 1.807) is 18.3 Å². The second-order valence-electron chi connectivity index (χ2n) is 10.5. The maximum absolute atomic E-state index is 10.1. The van der Waals surface area contributed by atoms with E-state index in [0.717, 1.165) is 18.4 Å². The molecule has 2 aromatic heterocycles. The predicted octanol–water partition coefficient (Wildman–Crippen LogP) is 6.03. The molecule has 6 rings (SSSR count). The topological polar surface area (TPSA) is 125 Å². The van der Waals surface area contributed by atoms with Crippen LogP contribution in [0, 0.1) is 22.7 Å². The Morgan fingerprint density at radius 3 is 2.65 bits per heavy atom. The molecule has 1 saturated carbocycles. The van der Waals surface area contributed by atoms with E-state index in [1.807, 2.05) is 53.7 Å². The van der Waals surface area contributed by atoms with E-state index in [4.69, 9.17) is 31.0 Å². The van der Waals surface area contributed by atoms with Crippen LogP contribution in [0.15, 0.2) is 78.9 Å². The third-order valence-corrected chi connectivity index (χ3v) is 8.18. The molecule has 0 spiro atoms. The van der Waals surface area contributed by atoms with Crippen molar-refractivity contribution in [3.05, 3.63) is 106 Å². The fraction of sp³-hybridized carbons (Fsp3) is 0.226. The summed E-state index contributed by atoms with van der Waals surface area (Å²) in [7, 11) is 7.15. The van der Waals surface area contributed by atoms with E-state index in [2.05, 4.69) is 43.7 Å². The van der Waals surface area contributed by atoms with Gasteiger partial charge >= 0.3 is 0 Å². The molecule has 12 heteroatoms. The van der Waals surface area contributed by atoms with Crippen LogP contribution in [-0.2, 0) is 5.44 Å². The predicted molar refractivity (Wildman–Crippen MR) is 169 cm³/mol. The highest BCUT2D eigenvalue weighted by molar-refractivity contribution is 6.36. The summed E-state index contributed by atoms with van der Waals surface area (Å²) in [6.45, 7) is 0. The van der Waals surface area contributed by atoms with Gasteiger partial charge in [0.2, 0.25) is 0 Å². The molecule has 43 heavy (non-hydrogen) atoms. The average molecular weight is 606 g/mol. The number of anilines is 2. The Kier molecular flexibility index (Phi) is 8.01. The molecule has 1 fully saturated rings. The number of pyridine rings is 2. The van der Waals surface area contributed by atoms with Crippen LogP contribution in [0.3, 0.4) is 0 Å². The van der Waals surface area contributed by atoms with Gasteiger partial charge in [-0.1, -0.05) is 59.6 Å². The molecule has 212 valence electrons.